The first-order valence-corrected chi connectivity index (χ1v) is 18.2. The molecule has 0 spiro atoms. The summed E-state index contributed by atoms with van der Waals surface area (Å²) < 4.78 is 53.2. The maximum absolute atomic E-state index is 14.9. The van der Waals surface area contributed by atoms with Crippen molar-refractivity contribution in [2.75, 3.05) is 39.5 Å². The summed E-state index contributed by atoms with van der Waals surface area (Å²) in [5.74, 6) is -0.455. The van der Waals surface area contributed by atoms with E-state index in [2.05, 4.69) is 18.8 Å². The van der Waals surface area contributed by atoms with Crippen molar-refractivity contribution in [3.8, 4) is 0 Å². The fraction of sp³-hybridized carbons (Fsp3) is 0.724. The molecule has 0 saturated heterocycles. The van der Waals surface area contributed by atoms with Gasteiger partial charge in [0.05, 0.1) is 26.4 Å². The zero-order chi connectivity index (χ0) is 29.9. The van der Waals surface area contributed by atoms with Crippen LogP contribution in [0.25, 0.3) is 0 Å². The Morgan fingerprint density at radius 1 is 0.725 bits per heavy atom. The summed E-state index contributed by atoms with van der Waals surface area (Å²) in [6, 6.07) is 8.66. The Morgan fingerprint density at radius 2 is 1.18 bits per heavy atom. The van der Waals surface area contributed by atoms with Crippen LogP contribution in [0.5, 0.6) is 0 Å². The van der Waals surface area contributed by atoms with Crippen LogP contribution in [0, 0.1) is 0 Å². The minimum absolute atomic E-state index is 0.0432. The molecule has 1 atom stereocenters. The number of hydrogen-bond donors (Lipinski definition) is 0. The molecule has 230 valence electrons. The standard InChI is InChI=1S/C29H52N2O7P2/c1-7-13-22-31(23-14-8-2)27(30-28(32)26-20-18-17-19-21-26)29(39(33,35-11-5)36-12-6)40(34,37-24-15-9-3)38-25-16-10-4/h17-21,29H,7-16,22-25H2,1-6H3. The Labute approximate surface area is 242 Å². The van der Waals surface area contributed by atoms with Crippen LogP contribution in [-0.4, -0.2) is 61.6 Å². The molecular weight excluding hydrogens is 550 g/mol. The Kier molecular flexibility index (Phi) is 18.8. The Balaban J connectivity index is 4.00. The van der Waals surface area contributed by atoms with E-state index in [0.717, 1.165) is 38.5 Å². The van der Waals surface area contributed by atoms with Gasteiger partial charge in [-0.05, 0) is 51.7 Å². The molecule has 0 aliphatic rings. The van der Waals surface area contributed by atoms with Crippen molar-refractivity contribution < 1.29 is 32.0 Å². The van der Waals surface area contributed by atoms with Crippen molar-refractivity contribution >= 4 is 26.9 Å². The number of benzene rings is 1. The third kappa shape index (κ3) is 11.9. The second-order valence-electron chi connectivity index (χ2n) is 9.50. The molecule has 9 nitrogen and oxygen atoms in total. The Bertz CT molecular complexity index is 927. The molecule has 0 bridgehead atoms. The molecule has 0 heterocycles. The summed E-state index contributed by atoms with van der Waals surface area (Å²) in [6.07, 6.45) is 6.24. The first kappa shape index (κ1) is 36.7. The summed E-state index contributed by atoms with van der Waals surface area (Å²) >= 11 is 0. The zero-order valence-electron chi connectivity index (χ0n) is 25.5. The van der Waals surface area contributed by atoms with E-state index < -0.39 is 26.5 Å². The third-order valence-electron chi connectivity index (χ3n) is 6.11. The maximum atomic E-state index is 14.9. The fourth-order valence-electron chi connectivity index (χ4n) is 3.93. The van der Waals surface area contributed by atoms with Gasteiger partial charge in [0.1, 0.15) is 5.84 Å². The van der Waals surface area contributed by atoms with Crippen LogP contribution in [-0.2, 0) is 27.2 Å². The SMILES string of the molecule is CCCCOP(=O)(OCCCC)C(C(=NC(=O)c1ccccc1)N(CCCC)CCCC)P(=O)(OCC)OCC. The molecule has 1 aromatic carbocycles. The number of aliphatic imine (C=N–C) groups is 1. The summed E-state index contributed by atoms with van der Waals surface area (Å²) in [5.41, 5.74) is 0.362. The van der Waals surface area contributed by atoms with E-state index in [1.54, 1.807) is 38.1 Å². The highest BCUT2D eigenvalue weighted by atomic mass is 31.2. The lowest BCUT2D eigenvalue weighted by molar-refractivity contribution is 0.100. The van der Waals surface area contributed by atoms with E-state index in [0.29, 0.717) is 31.5 Å². The number of carbonyl (C=O) groups excluding carboxylic acids is 1. The van der Waals surface area contributed by atoms with Gasteiger partial charge in [-0.3, -0.25) is 13.9 Å². The van der Waals surface area contributed by atoms with Crippen molar-refractivity contribution in [1.82, 2.24) is 4.90 Å². The molecule has 1 aromatic rings. The lowest BCUT2D eigenvalue weighted by atomic mass is 10.2. The topological polar surface area (TPSA) is 104 Å². The van der Waals surface area contributed by atoms with Crippen LogP contribution in [0.3, 0.4) is 0 Å². The molecule has 0 saturated carbocycles. The number of amides is 1. The lowest BCUT2D eigenvalue weighted by Gasteiger charge is -2.37. The van der Waals surface area contributed by atoms with Crippen molar-refractivity contribution in [1.29, 1.82) is 0 Å². The van der Waals surface area contributed by atoms with Gasteiger partial charge in [-0.25, -0.2) is 0 Å². The molecule has 1 unspecified atom stereocenters. The first-order chi connectivity index (χ1) is 19.3. The van der Waals surface area contributed by atoms with Crippen molar-refractivity contribution in [2.24, 2.45) is 4.99 Å². The van der Waals surface area contributed by atoms with Crippen LogP contribution in [0.2, 0.25) is 0 Å². The van der Waals surface area contributed by atoms with Gasteiger partial charge in [0, 0.05) is 18.7 Å². The molecule has 0 aromatic heterocycles. The number of unbranched alkanes of at least 4 members (excludes halogenated alkanes) is 4. The van der Waals surface area contributed by atoms with Crippen LogP contribution in [0.4, 0.5) is 0 Å². The van der Waals surface area contributed by atoms with Gasteiger partial charge in [-0.2, -0.15) is 4.99 Å². The highest BCUT2D eigenvalue weighted by molar-refractivity contribution is 7.74. The number of nitrogens with zero attached hydrogens (tertiary/aromatic N) is 2. The molecule has 0 fully saturated rings. The molecule has 1 amide bonds. The number of rotatable bonds is 22. The van der Waals surface area contributed by atoms with Crippen molar-refractivity contribution in [3.05, 3.63) is 35.9 Å². The summed E-state index contributed by atoms with van der Waals surface area (Å²) in [7, 11) is -8.44. The average Bonchev–Trinajstić information content (AvgIpc) is 2.94. The van der Waals surface area contributed by atoms with Crippen LogP contribution in [0.15, 0.2) is 35.3 Å². The van der Waals surface area contributed by atoms with Crippen LogP contribution in [0.1, 0.15) is 103 Å². The normalized spacial score (nSPS) is 13.4. The Hall–Kier alpha value is -1.34. The number of hydrogen-bond acceptors (Lipinski definition) is 7. The molecule has 40 heavy (non-hydrogen) atoms. The van der Waals surface area contributed by atoms with E-state index >= 15 is 0 Å². The van der Waals surface area contributed by atoms with Gasteiger partial charge >= 0.3 is 15.2 Å². The lowest BCUT2D eigenvalue weighted by Crippen LogP contribution is -2.42. The first-order valence-electron chi connectivity index (χ1n) is 15.0. The minimum Gasteiger partial charge on any atom is -0.359 e. The monoisotopic (exact) mass is 602 g/mol. The predicted molar refractivity (Wildman–Crippen MR) is 164 cm³/mol. The number of amidine groups is 1. The van der Waals surface area contributed by atoms with Gasteiger partial charge in [0.2, 0.25) is 5.40 Å². The maximum Gasteiger partial charge on any atom is 0.353 e. The second-order valence-corrected chi connectivity index (χ2v) is 14.1. The molecule has 0 N–H and O–H groups in total. The van der Waals surface area contributed by atoms with Crippen LogP contribution < -0.4 is 0 Å². The van der Waals surface area contributed by atoms with Gasteiger partial charge in [-0.1, -0.05) is 71.6 Å². The molecule has 0 radical (unpaired) electrons. The highest BCUT2D eigenvalue weighted by Gasteiger charge is 2.55. The van der Waals surface area contributed by atoms with Crippen molar-refractivity contribution in [2.45, 2.75) is 98.3 Å². The van der Waals surface area contributed by atoms with Gasteiger partial charge in [0.15, 0.2) is 0 Å². The number of carbonyl (C=O) groups is 1. The Morgan fingerprint density at radius 3 is 1.60 bits per heavy atom. The largest absolute Gasteiger partial charge is 0.359 e. The van der Waals surface area contributed by atoms with Gasteiger partial charge < -0.3 is 23.0 Å². The second kappa shape index (κ2) is 20.5. The van der Waals surface area contributed by atoms with E-state index in [1.807, 2.05) is 24.8 Å². The summed E-state index contributed by atoms with van der Waals surface area (Å²) in [5, 5.41) is -1.52. The molecule has 1 rings (SSSR count). The quantitative estimate of drug-likeness (QED) is 0.0563. The summed E-state index contributed by atoms with van der Waals surface area (Å²) in [6.45, 7) is 12.9. The summed E-state index contributed by atoms with van der Waals surface area (Å²) in [4.78, 5) is 20.0. The van der Waals surface area contributed by atoms with Gasteiger partial charge in [-0.15, -0.1) is 0 Å². The molecule has 0 aliphatic heterocycles. The van der Waals surface area contributed by atoms with E-state index in [9.17, 15) is 13.9 Å². The average molecular weight is 603 g/mol. The molecule has 0 aliphatic carbocycles. The molecule has 11 heteroatoms. The fourth-order valence-corrected chi connectivity index (χ4v) is 9.32. The smallest absolute Gasteiger partial charge is 0.353 e. The van der Waals surface area contributed by atoms with E-state index in [-0.39, 0.29) is 32.3 Å². The zero-order valence-corrected chi connectivity index (χ0v) is 27.3. The van der Waals surface area contributed by atoms with Crippen LogP contribution >= 0.6 is 15.2 Å². The van der Waals surface area contributed by atoms with E-state index in [1.165, 1.54) is 0 Å². The van der Waals surface area contributed by atoms with Crippen molar-refractivity contribution in [3.63, 3.8) is 0 Å². The highest BCUT2D eigenvalue weighted by Crippen LogP contribution is 2.71. The van der Waals surface area contributed by atoms with Gasteiger partial charge in [0.25, 0.3) is 5.91 Å². The molecular formula is C29H52N2O7P2. The minimum atomic E-state index is -4.23. The predicted octanol–water partition coefficient (Wildman–Crippen LogP) is 8.55. The van der Waals surface area contributed by atoms with E-state index in [4.69, 9.17) is 18.1 Å². The third-order valence-corrected chi connectivity index (χ3v) is 11.8.